The zero-order valence-corrected chi connectivity index (χ0v) is 16.9. The zero-order valence-electron chi connectivity index (χ0n) is 16.9. The van der Waals surface area contributed by atoms with Crippen molar-refractivity contribution in [3.05, 3.63) is 70.7 Å². The summed E-state index contributed by atoms with van der Waals surface area (Å²) in [6, 6.07) is 16.0. The molecule has 0 aliphatic carbocycles. The fraction of sp³-hybridized carbons (Fsp3) is 0.286. The number of aromatic amines is 1. The van der Waals surface area contributed by atoms with E-state index in [1.807, 2.05) is 66.9 Å². The second-order valence-electron chi connectivity index (χ2n) is 7.57. The number of fused-ring (bicyclic) bond motifs is 2. The van der Waals surface area contributed by atoms with Crippen LogP contribution in [0.2, 0.25) is 0 Å². The van der Waals surface area contributed by atoms with Gasteiger partial charge in [0.1, 0.15) is 5.82 Å². The van der Waals surface area contributed by atoms with Gasteiger partial charge in [-0.2, -0.15) is 5.21 Å². The fourth-order valence-corrected chi connectivity index (χ4v) is 4.02. The van der Waals surface area contributed by atoms with Crippen LogP contribution in [0.1, 0.15) is 31.5 Å². The number of hydrogen-bond acceptors (Lipinski definition) is 5. The molecule has 3 heterocycles. The number of nitrogens with one attached hydrogen (secondary N) is 1. The Bertz CT molecular complexity index is 1370. The molecule has 0 atom stereocenters. The van der Waals surface area contributed by atoms with E-state index < -0.39 is 0 Å². The van der Waals surface area contributed by atoms with Gasteiger partial charge in [0.25, 0.3) is 0 Å². The van der Waals surface area contributed by atoms with Gasteiger partial charge in [-0.15, -0.1) is 10.2 Å². The van der Waals surface area contributed by atoms with Crippen molar-refractivity contribution in [3.8, 4) is 0 Å². The lowest BCUT2D eigenvalue weighted by atomic mass is 10.3. The average molecular weight is 402 g/mol. The second-order valence-corrected chi connectivity index (χ2v) is 7.57. The van der Waals surface area contributed by atoms with Crippen molar-refractivity contribution in [3.63, 3.8) is 0 Å². The first-order valence-corrected chi connectivity index (χ1v) is 9.99. The highest BCUT2D eigenvalue weighted by Gasteiger charge is 2.18. The van der Waals surface area contributed by atoms with Gasteiger partial charge in [-0.05, 0) is 38.1 Å². The maximum Gasteiger partial charge on any atom is 0.329 e. The molecule has 0 radical (unpaired) electrons. The molecule has 0 unspecified atom stereocenters. The lowest BCUT2D eigenvalue weighted by Crippen LogP contribution is -2.27. The number of H-pyrrole nitrogens is 1. The first kappa shape index (κ1) is 18.3. The SMILES string of the molecule is CC(C)n1c(=O)n(Cc2nc3ccccc3n2CCc2nn[nH]n2)c2ccccc21. The number of benzene rings is 2. The molecule has 30 heavy (non-hydrogen) atoms. The van der Waals surface area contributed by atoms with E-state index in [1.54, 1.807) is 4.57 Å². The maximum absolute atomic E-state index is 13.3. The third kappa shape index (κ3) is 2.99. The summed E-state index contributed by atoms with van der Waals surface area (Å²) in [5.74, 6) is 1.47. The van der Waals surface area contributed by atoms with E-state index >= 15 is 0 Å². The molecule has 0 bridgehead atoms. The molecule has 0 fully saturated rings. The summed E-state index contributed by atoms with van der Waals surface area (Å²) in [7, 11) is 0. The first-order valence-electron chi connectivity index (χ1n) is 9.99. The van der Waals surface area contributed by atoms with E-state index in [-0.39, 0.29) is 11.7 Å². The minimum Gasteiger partial charge on any atom is -0.326 e. The summed E-state index contributed by atoms with van der Waals surface area (Å²) in [6.45, 7) is 5.09. The lowest BCUT2D eigenvalue weighted by Gasteiger charge is -2.09. The summed E-state index contributed by atoms with van der Waals surface area (Å²) >= 11 is 0. The number of aryl methyl sites for hydroxylation is 2. The Morgan fingerprint density at radius 1 is 0.967 bits per heavy atom. The van der Waals surface area contributed by atoms with Crippen LogP contribution in [0.15, 0.2) is 53.3 Å². The van der Waals surface area contributed by atoms with Crippen LogP contribution in [-0.2, 0) is 19.5 Å². The number of nitrogens with zero attached hydrogens (tertiary/aromatic N) is 7. The van der Waals surface area contributed by atoms with Crippen LogP contribution < -0.4 is 5.69 Å². The molecule has 1 N–H and O–H groups in total. The summed E-state index contributed by atoms with van der Waals surface area (Å²) in [6.07, 6.45) is 0.618. The molecule has 0 saturated heterocycles. The Hall–Kier alpha value is -3.75. The van der Waals surface area contributed by atoms with Gasteiger partial charge >= 0.3 is 5.69 Å². The second kappa shape index (κ2) is 7.25. The van der Waals surface area contributed by atoms with Crippen molar-refractivity contribution in [1.29, 1.82) is 0 Å². The summed E-state index contributed by atoms with van der Waals surface area (Å²) in [5, 5.41) is 14.2. The smallest absolute Gasteiger partial charge is 0.326 e. The van der Waals surface area contributed by atoms with Gasteiger partial charge in [-0.1, -0.05) is 29.5 Å². The predicted molar refractivity (Wildman–Crippen MR) is 113 cm³/mol. The van der Waals surface area contributed by atoms with Crippen molar-refractivity contribution in [2.45, 2.75) is 39.4 Å². The normalized spacial score (nSPS) is 11.8. The number of para-hydroxylation sites is 4. The molecule has 9 heteroatoms. The highest BCUT2D eigenvalue weighted by atomic mass is 16.1. The molecule has 5 aromatic rings. The number of aromatic nitrogens is 8. The molecule has 0 aliphatic heterocycles. The first-order chi connectivity index (χ1) is 14.6. The summed E-state index contributed by atoms with van der Waals surface area (Å²) in [5.41, 5.74) is 3.75. The largest absolute Gasteiger partial charge is 0.329 e. The minimum absolute atomic E-state index is 0.0250. The average Bonchev–Trinajstić information content (AvgIpc) is 3.44. The molecule has 2 aromatic carbocycles. The number of imidazole rings is 2. The molecule has 5 rings (SSSR count). The van der Waals surface area contributed by atoms with Crippen molar-refractivity contribution >= 4 is 22.1 Å². The van der Waals surface area contributed by atoms with Gasteiger partial charge < -0.3 is 4.57 Å². The Balaban J connectivity index is 1.62. The number of hydrogen-bond donors (Lipinski definition) is 1. The summed E-state index contributed by atoms with van der Waals surface area (Å²) in [4.78, 5) is 18.1. The highest BCUT2D eigenvalue weighted by Crippen LogP contribution is 2.21. The molecule has 0 spiro atoms. The van der Waals surface area contributed by atoms with Gasteiger partial charge in [0.15, 0.2) is 5.82 Å². The third-order valence-electron chi connectivity index (χ3n) is 5.37. The molecule has 0 saturated carbocycles. The van der Waals surface area contributed by atoms with Crippen LogP contribution in [0.5, 0.6) is 0 Å². The van der Waals surface area contributed by atoms with Crippen molar-refractivity contribution < 1.29 is 0 Å². The van der Waals surface area contributed by atoms with Crippen molar-refractivity contribution in [2.24, 2.45) is 0 Å². The molecular formula is C21H22N8O. The quantitative estimate of drug-likeness (QED) is 0.471. The van der Waals surface area contributed by atoms with Crippen LogP contribution in [0.4, 0.5) is 0 Å². The van der Waals surface area contributed by atoms with Gasteiger partial charge in [0.05, 0.1) is 28.6 Å². The Morgan fingerprint density at radius 3 is 2.43 bits per heavy atom. The fourth-order valence-electron chi connectivity index (χ4n) is 4.02. The van der Waals surface area contributed by atoms with E-state index in [4.69, 9.17) is 4.98 Å². The van der Waals surface area contributed by atoms with Crippen molar-refractivity contribution in [1.82, 2.24) is 39.3 Å². The monoisotopic (exact) mass is 402 g/mol. The maximum atomic E-state index is 13.3. The Labute approximate surface area is 172 Å². The molecule has 0 amide bonds. The highest BCUT2D eigenvalue weighted by molar-refractivity contribution is 5.77. The minimum atomic E-state index is -0.0250. The van der Waals surface area contributed by atoms with Crippen LogP contribution in [0, 0.1) is 0 Å². The Kier molecular flexibility index (Phi) is 4.42. The van der Waals surface area contributed by atoms with E-state index in [0.717, 1.165) is 27.9 Å². The Morgan fingerprint density at radius 2 is 1.70 bits per heavy atom. The molecular weight excluding hydrogens is 380 g/mol. The predicted octanol–water partition coefficient (Wildman–Crippen LogP) is 2.54. The molecule has 0 aliphatic rings. The van der Waals surface area contributed by atoms with Gasteiger partial charge in [0, 0.05) is 19.0 Å². The standard InChI is InChI=1S/C21H22N8O/c1-14(2)29-18-10-6-5-9-17(18)28(21(29)30)13-20-22-15-7-3-4-8-16(15)27(20)12-11-19-23-25-26-24-19/h3-10,14H,11-13H2,1-2H3,(H,23,24,25,26). The lowest BCUT2D eigenvalue weighted by molar-refractivity contribution is 0.562. The van der Waals surface area contributed by atoms with Crippen LogP contribution in [-0.4, -0.2) is 39.3 Å². The van der Waals surface area contributed by atoms with Crippen molar-refractivity contribution in [2.75, 3.05) is 0 Å². The molecule has 9 nitrogen and oxygen atoms in total. The van der Waals surface area contributed by atoms with E-state index in [9.17, 15) is 4.79 Å². The van der Waals surface area contributed by atoms with Crippen LogP contribution >= 0.6 is 0 Å². The van der Waals surface area contributed by atoms with E-state index in [0.29, 0.717) is 25.3 Å². The zero-order chi connectivity index (χ0) is 20.7. The molecule has 3 aromatic heterocycles. The number of rotatable bonds is 6. The third-order valence-corrected chi connectivity index (χ3v) is 5.37. The van der Waals surface area contributed by atoms with Crippen LogP contribution in [0.25, 0.3) is 22.1 Å². The van der Waals surface area contributed by atoms with E-state index in [2.05, 4.69) is 25.2 Å². The van der Waals surface area contributed by atoms with Gasteiger partial charge in [0.2, 0.25) is 0 Å². The molecule has 152 valence electrons. The van der Waals surface area contributed by atoms with Gasteiger partial charge in [-0.25, -0.2) is 9.78 Å². The number of tetrazole rings is 1. The van der Waals surface area contributed by atoms with Gasteiger partial charge in [-0.3, -0.25) is 9.13 Å². The van der Waals surface area contributed by atoms with Crippen LogP contribution in [0.3, 0.4) is 0 Å². The van der Waals surface area contributed by atoms with E-state index in [1.165, 1.54) is 0 Å². The topological polar surface area (TPSA) is 99.2 Å². The summed E-state index contributed by atoms with van der Waals surface area (Å²) < 4.78 is 5.78.